The van der Waals surface area contributed by atoms with Crippen molar-refractivity contribution < 1.29 is 9.90 Å². The van der Waals surface area contributed by atoms with Crippen LogP contribution in [0.15, 0.2) is 54.6 Å². The molecule has 0 saturated heterocycles. The minimum Gasteiger partial charge on any atom is -0.478 e. The number of hydrogen-bond donors (Lipinski definition) is 1. The largest absolute Gasteiger partial charge is 0.478 e. The van der Waals surface area contributed by atoms with Crippen LogP contribution in [0.5, 0.6) is 0 Å². The van der Waals surface area contributed by atoms with Crippen molar-refractivity contribution in [1.82, 2.24) is 0 Å². The lowest BCUT2D eigenvalue weighted by molar-refractivity contribution is -0.131. The van der Waals surface area contributed by atoms with E-state index in [-0.39, 0.29) is 0 Å². The van der Waals surface area contributed by atoms with Crippen LogP contribution in [-0.2, 0) is 11.2 Å². The van der Waals surface area contributed by atoms with Crippen molar-refractivity contribution in [3.63, 3.8) is 0 Å². The minimum atomic E-state index is -0.943. The van der Waals surface area contributed by atoms with E-state index in [1.807, 2.05) is 48.5 Å². The van der Waals surface area contributed by atoms with E-state index in [4.69, 9.17) is 16.7 Å². The summed E-state index contributed by atoms with van der Waals surface area (Å²) in [6.07, 6.45) is 3.52. The van der Waals surface area contributed by atoms with Crippen LogP contribution in [0, 0.1) is 0 Å². The van der Waals surface area contributed by atoms with E-state index in [1.165, 1.54) is 0 Å². The fourth-order valence-electron chi connectivity index (χ4n) is 1.84. The van der Waals surface area contributed by atoms with Gasteiger partial charge in [-0.1, -0.05) is 48.0 Å². The molecule has 2 aromatic carbocycles. The number of carboxylic acid groups (broad SMARTS) is 1. The van der Waals surface area contributed by atoms with E-state index in [1.54, 1.807) is 6.08 Å². The SMILES string of the molecule is O=C(O)/C=C/c1ccccc1Cc1ccc(Cl)cc1. The molecule has 0 aliphatic heterocycles. The third kappa shape index (κ3) is 3.97. The summed E-state index contributed by atoms with van der Waals surface area (Å²) in [5.74, 6) is -0.943. The molecule has 2 rings (SSSR count). The maximum Gasteiger partial charge on any atom is 0.328 e. The molecule has 0 spiro atoms. The number of carbonyl (C=O) groups is 1. The lowest BCUT2D eigenvalue weighted by atomic mass is 9.99. The van der Waals surface area contributed by atoms with Crippen LogP contribution < -0.4 is 0 Å². The van der Waals surface area contributed by atoms with Gasteiger partial charge in [-0.15, -0.1) is 0 Å². The maximum atomic E-state index is 10.6. The summed E-state index contributed by atoms with van der Waals surface area (Å²) >= 11 is 5.85. The van der Waals surface area contributed by atoms with Gasteiger partial charge in [-0.05, 0) is 41.3 Å². The van der Waals surface area contributed by atoms with Crippen molar-refractivity contribution >= 4 is 23.6 Å². The van der Waals surface area contributed by atoms with Crippen LogP contribution in [0.3, 0.4) is 0 Å². The third-order valence-corrected chi connectivity index (χ3v) is 3.02. The second kappa shape index (κ2) is 6.21. The topological polar surface area (TPSA) is 37.3 Å². The van der Waals surface area contributed by atoms with E-state index in [9.17, 15) is 4.79 Å². The van der Waals surface area contributed by atoms with Gasteiger partial charge in [0, 0.05) is 11.1 Å². The molecule has 1 N–H and O–H groups in total. The molecule has 2 nitrogen and oxygen atoms in total. The molecule has 0 aromatic heterocycles. The van der Waals surface area contributed by atoms with Gasteiger partial charge in [-0.25, -0.2) is 4.79 Å². The van der Waals surface area contributed by atoms with Crippen molar-refractivity contribution in [3.05, 3.63) is 76.3 Å². The van der Waals surface area contributed by atoms with Gasteiger partial charge in [-0.3, -0.25) is 0 Å². The normalized spacial score (nSPS) is 10.8. The average Bonchev–Trinajstić information content (AvgIpc) is 2.40. The van der Waals surface area contributed by atoms with Crippen LogP contribution >= 0.6 is 11.6 Å². The molecule has 0 aliphatic carbocycles. The highest BCUT2D eigenvalue weighted by Gasteiger charge is 2.01. The highest BCUT2D eigenvalue weighted by Crippen LogP contribution is 2.17. The van der Waals surface area contributed by atoms with E-state index < -0.39 is 5.97 Å². The molecular formula is C16H13ClO2. The number of aliphatic carboxylic acids is 1. The second-order valence-electron chi connectivity index (χ2n) is 4.17. The van der Waals surface area contributed by atoms with Crippen molar-refractivity contribution in [3.8, 4) is 0 Å². The Labute approximate surface area is 117 Å². The summed E-state index contributed by atoms with van der Waals surface area (Å²) in [5, 5.41) is 9.40. The van der Waals surface area contributed by atoms with E-state index in [2.05, 4.69) is 0 Å². The summed E-state index contributed by atoms with van der Waals surface area (Å²) in [5.41, 5.74) is 3.14. The summed E-state index contributed by atoms with van der Waals surface area (Å²) in [6.45, 7) is 0. The van der Waals surface area contributed by atoms with Crippen LogP contribution in [0.25, 0.3) is 6.08 Å². The number of rotatable bonds is 4. The average molecular weight is 273 g/mol. The van der Waals surface area contributed by atoms with E-state index >= 15 is 0 Å². The number of carboxylic acids is 1. The summed E-state index contributed by atoms with van der Waals surface area (Å²) in [6, 6.07) is 15.4. The van der Waals surface area contributed by atoms with Crippen LogP contribution in [0.4, 0.5) is 0 Å². The molecule has 96 valence electrons. The maximum absolute atomic E-state index is 10.6. The van der Waals surface area contributed by atoms with Gasteiger partial charge < -0.3 is 5.11 Å². The standard InChI is InChI=1S/C16H13ClO2/c17-15-8-5-12(6-9-15)11-14-4-2-1-3-13(14)7-10-16(18)19/h1-10H,11H2,(H,18,19)/b10-7+. The van der Waals surface area contributed by atoms with Crippen molar-refractivity contribution in [2.24, 2.45) is 0 Å². The Kier molecular flexibility index (Phi) is 4.37. The van der Waals surface area contributed by atoms with Gasteiger partial charge in [0.1, 0.15) is 0 Å². The van der Waals surface area contributed by atoms with Gasteiger partial charge in [0.25, 0.3) is 0 Å². The first-order valence-corrected chi connectivity index (χ1v) is 6.26. The second-order valence-corrected chi connectivity index (χ2v) is 4.61. The van der Waals surface area contributed by atoms with Crippen molar-refractivity contribution in [2.75, 3.05) is 0 Å². The first kappa shape index (κ1) is 13.4. The Hall–Kier alpha value is -2.06. The molecule has 0 aliphatic rings. The Bertz CT molecular complexity index is 600. The lowest BCUT2D eigenvalue weighted by Crippen LogP contribution is -1.92. The summed E-state index contributed by atoms with van der Waals surface area (Å²) in [7, 11) is 0. The van der Waals surface area contributed by atoms with Crippen molar-refractivity contribution in [1.29, 1.82) is 0 Å². The first-order valence-electron chi connectivity index (χ1n) is 5.88. The minimum absolute atomic E-state index is 0.711. The van der Waals surface area contributed by atoms with Gasteiger partial charge in [0.2, 0.25) is 0 Å². The highest BCUT2D eigenvalue weighted by atomic mass is 35.5. The zero-order chi connectivity index (χ0) is 13.7. The fraction of sp³-hybridized carbons (Fsp3) is 0.0625. The zero-order valence-electron chi connectivity index (χ0n) is 10.2. The summed E-state index contributed by atoms with van der Waals surface area (Å²) in [4.78, 5) is 10.6. The molecule has 19 heavy (non-hydrogen) atoms. The molecule has 0 saturated carbocycles. The lowest BCUT2D eigenvalue weighted by Gasteiger charge is -2.06. The molecule has 0 fully saturated rings. The molecule has 3 heteroatoms. The predicted octanol–water partition coefficient (Wildman–Crippen LogP) is 4.03. The smallest absolute Gasteiger partial charge is 0.328 e. The highest BCUT2D eigenvalue weighted by molar-refractivity contribution is 6.30. The zero-order valence-corrected chi connectivity index (χ0v) is 11.0. The Morgan fingerprint density at radius 3 is 2.47 bits per heavy atom. The molecule has 0 atom stereocenters. The first-order chi connectivity index (χ1) is 9.15. The molecule has 0 radical (unpaired) electrons. The van der Waals surface area contributed by atoms with E-state index in [0.717, 1.165) is 29.2 Å². The number of halogens is 1. The third-order valence-electron chi connectivity index (χ3n) is 2.77. The van der Waals surface area contributed by atoms with Crippen molar-refractivity contribution in [2.45, 2.75) is 6.42 Å². The quantitative estimate of drug-likeness (QED) is 0.853. The molecule has 0 bridgehead atoms. The van der Waals surface area contributed by atoms with Crippen LogP contribution in [-0.4, -0.2) is 11.1 Å². The van der Waals surface area contributed by atoms with Gasteiger partial charge in [-0.2, -0.15) is 0 Å². The van der Waals surface area contributed by atoms with Gasteiger partial charge in [0.15, 0.2) is 0 Å². The van der Waals surface area contributed by atoms with Crippen LogP contribution in [0.1, 0.15) is 16.7 Å². The molecule has 0 amide bonds. The fourth-order valence-corrected chi connectivity index (χ4v) is 1.97. The Balaban J connectivity index is 2.24. The molecule has 0 unspecified atom stereocenters. The monoisotopic (exact) mass is 272 g/mol. The number of benzene rings is 2. The predicted molar refractivity (Wildman–Crippen MR) is 77.4 cm³/mol. The van der Waals surface area contributed by atoms with Crippen LogP contribution in [0.2, 0.25) is 5.02 Å². The Morgan fingerprint density at radius 1 is 1.11 bits per heavy atom. The molecular weight excluding hydrogens is 260 g/mol. The van der Waals surface area contributed by atoms with E-state index in [0.29, 0.717) is 5.02 Å². The number of hydrogen-bond acceptors (Lipinski definition) is 1. The summed E-state index contributed by atoms with van der Waals surface area (Å²) < 4.78 is 0. The Morgan fingerprint density at radius 2 is 1.79 bits per heavy atom. The molecule has 0 heterocycles. The molecule has 2 aromatic rings. The van der Waals surface area contributed by atoms with Gasteiger partial charge in [0.05, 0.1) is 0 Å². The van der Waals surface area contributed by atoms with Gasteiger partial charge >= 0.3 is 5.97 Å².